The molecule has 2 saturated heterocycles. The Hall–Kier alpha value is -1.27. The summed E-state index contributed by atoms with van der Waals surface area (Å²) in [6.45, 7) is 2.78. The molecule has 0 aromatic rings. The van der Waals surface area contributed by atoms with Crippen molar-refractivity contribution in [1.82, 2.24) is 5.32 Å². The Balaban J connectivity index is 1.82. The van der Waals surface area contributed by atoms with Crippen molar-refractivity contribution < 1.29 is 64.6 Å². The quantitative estimate of drug-likeness (QED) is 0.0241. The molecule has 0 radical (unpaired) electrons. The zero-order valence-electron chi connectivity index (χ0n) is 39.3. The summed E-state index contributed by atoms with van der Waals surface area (Å²) in [6.07, 6.45) is 21.1. The third-order valence-electron chi connectivity index (χ3n) is 12.7. The van der Waals surface area contributed by atoms with Gasteiger partial charge < -0.3 is 65.1 Å². The standard InChI is InChI=1S/C49H93NO13/c1-3-5-7-9-11-13-15-16-17-18-19-20-21-23-25-27-29-31-33-41(54)50-37(38(53)32-30-28-26-24-22-14-12-10-8-6-4-2)36-60-48-46(59)44(57)47(40(35-52)62-48)63-49-45(58)43(56)42(55)39(34-51)61-49/h30,32,37-40,42-49,51-53,55-59H,3-29,31,33-36H2,1-2H3,(H,50,54)/b32-30+. The molecule has 63 heavy (non-hydrogen) atoms. The van der Waals surface area contributed by atoms with Crippen molar-refractivity contribution in [2.24, 2.45) is 0 Å². The van der Waals surface area contributed by atoms with Crippen molar-refractivity contribution in [3.63, 3.8) is 0 Å². The van der Waals surface area contributed by atoms with Crippen LogP contribution in [0.4, 0.5) is 0 Å². The molecule has 2 heterocycles. The summed E-state index contributed by atoms with van der Waals surface area (Å²) in [5, 5.41) is 86.6. The Kier molecular flexibility index (Phi) is 33.8. The van der Waals surface area contributed by atoms with Gasteiger partial charge in [-0.3, -0.25) is 4.79 Å². The minimum atomic E-state index is -1.78. The Bertz CT molecular complexity index is 1120. The van der Waals surface area contributed by atoms with E-state index in [4.69, 9.17) is 18.9 Å². The normalized spacial score (nSPS) is 27.5. The molecule has 2 aliphatic rings. The van der Waals surface area contributed by atoms with Crippen LogP contribution in [0.2, 0.25) is 0 Å². The summed E-state index contributed by atoms with van der Waals surface area (Å²) in [4.78, 5) is 13.1. The van der Waals surface area contributed by atoms with Crippen molar-refractivity contribution in [2.45, 2.75) is 274 Å². The number of allylic oxidation sites excluding steroid dienone is 1. The zero-order valence-corrected chi connectivity index (χ0v) is 39.3. The summed E-state index contributed by atoms with van der Waals surface area (Å²) in [5.41, 5.74) is 0. The Labute approximate surface area is 380 Å². The van der Waals surface area contributed by atoms with Crippen LogP contribution >= 0.6 is 0 Å². The molecule has 2 fully saturated rings. The molecule has 0 aromatic carbocycles. The minimum absolute atomic E-state index is 0.238. The minimum Gasteiger partial charge on any atom is -0.394 e. The number of hydrogen-bond acceptors (Lipinski definition) is 13. The second-order valence-corrected chi connectivity index (χ2v) is 18.3. The molecule has 9 N–H and O–H groups in total. The zero-order chi connectivity index (χ0) is 46.1. The molecule has 0 bridgehead atoms. The number of aliphatic hydroxyl groups is 8. The van der Waals surface area contributed by atoms with E-state index in [0.717, 1.165) is 38.5 Å². The van der Waals surface area contributed by atoms with Crippen molar-refractivity contribution in [3.05, 3.63) is 12.2 Å². The van der Waals surface area contributed by atoms with Gasteiger partial charge >= 0.3 is 0 Å². The molecule has 372 valence electrons. The van der Waals surface area contributed by atoms with Crippen LogP contribution < -0.4 is 5.32 Å². The molecular formula is C49H93NO13. The Morgan fingerprint density at radius 1 is 0.556 bits per heavy atom. The fraction of sp³-hybridized carbons (Fsp3) is 0.939. The van der Waals surface area contributed by atoms with Gasteiger partial charge in [0.25, 0.3) is 0 Å². The maximum atomic E-state index is 13.1. The van der Waals surface area contributed by atoms with Crippen molar-refractivity contribution in [2.75, 3.05) is 19.8 Å². The molecule has 0 aromatic heterocycles. The van der Waals surface area contributed by atoms with Crippen molar-refractivity contribution in [1.29, 1.82) is 0 Å². The number of carbonyl (C=O) groups excluding carboxylic acids is 1. The van der Waals surface area contributed by atoms with E-state index in [2.05, 4.69) is 19.2 Å². The van der Waals surface area contributed by atoms with Crippen LogP contribution in [0.1, 0.15) is 200 Å². The van der Waals surface area contributed by atoms with Crippen molar-refractivity contribution >= 4 is 5.91 Å². The summed E-state index contributed by atoms with van der Waals surface area (Å²) in [5.74, 6) is -0.238. The van der Waals surface area contributed by atoms with Gasteiger partial charge in [0.15, 0.2) is 12.6 Å². The van der Waals surface area contributed by atoms with E-state index < -0.39 is 86.8 Å². The molecule has 14 nitrogen and oxygen atoms in total. The second kappa shape index (κ2) is 36.8. The molecule has 0 spiro atoms. The number of rotatable bonds is 39. The smallest absolute Gasteiger partial charge is 0.220 e. The SMILES string of the molecule is CCCCCCCCCCC/C=C/C(O)C(COC1OC(CO)C(OC2OC(CO)C(O)C(O)C2O)C(O)C1O)NC(=O)CCCCCCCCCCCCCCCCCCCC. The highest BCUT2D eigenvalue weighted by atomic mass is 16.7. The predicted molar refractivity (Wildman–Crippen MR) is 245 cm³/mol. The third-order valence-corrected chi connectivity index (χ3v) is 12.7. The van der Waals surface area contributed by atoms with Crippen LogP contribution in [0.5, 0.6) is 0 Å². The first kappa shape index (κ1) is 57.9. The molecule has 14 heteroatoms. The molecule has 0 aliphatic carbocycles. The highest BCUT2D eigenvalue weighted by Gasteiger charge is 2.51. The van der Waals surface area contributed by atoms with Gasteiger partial charge in [0.05, 0.1) is 32.0 Å². The molecule has 12 unspecified atom stereocenters. The number of nitrogens with one attached hydrogen (secondary N) is 1. The average molecular weight is 904 g/mol. The topological polar surface area (TPSA) is 228 Å². The van der Waals surface area contributed by atoms with Gasteiger partial charge in [0, 0.05) is 6.42 Å². The van der Waals surface area contributed by atoms with E-state index in [1.807, 2.05) is 6.08 Å². The van der Waals surface area contributed by atoms with Gasteiger partial charge in [-0.2, -0.15) is 0 Å². The van der Waals surface area contributed by atoms with Crippen LogP contribution in [-0.4, -0.2) is 140 Å². The van der Waals surface area contributed by atoms with E-state index in [1.54, 1.807) is 6.08 Å². The van der Waals surface area contributed by atoms with Crippen molar-refractivity contribution in [3.8, 4) is 0 Å². The number of hydrogen-bond donors (Lipinski definition) is 9. The lowest BCUT2D eigenvalue weighted by Crippen LogP contribution is -2.65. The maximum absolute atomic E-state index is 13.1. The molecule has 12 atom stereocenters. The monoisotopic (exact) mass is 904 g/mol. The van der Waals surface area contributed by atoms with E-state index in [0.29, 0.717) is 6.42 Å². The van der Waals surface area contributed by atoms with Gasteiger partial charge in [-0.1, -0.05) is 187 Å². The first-order valence-electron chi connectivity index (χ1n) is 25.4. The molecule has 1 amide bonds. The lowest BCUT2D eigenvalue weighted by molar-refractivity contribution is -0.359. The Morgan fingerprint density at radius 2 is 0.984 bits per heavy atom. The van der Waals surface area contributed by atoms with Gasteiger partial charge in [-0.05, 0) is 19.3 Å². The maximum Gasteiger partial charge on any atom is 0.220 e. The van der Waals surface area contributed by atoms with Crippen LogP contribution in [0.3, 0.4) is 0 Å². The fourth-order valence-electron chi connectivity index (χ4n) is 8.53. The van der Waals surface area contributed by atoms with E-state index in [9.17, 15) is 45.6 Å². The summed E-state index contributed by atoms with van der Waals surface area (Å²) in [6, 6.07) is -0.906. The summed E-state index contributed by atoms with van der Waals surface area (Å²) < 4.78 is 22.7. The first-order chi connectivity index (χ1) is 30.6. The van der Waals surface area contributed by atoms with Gasteiger partial charge in [0.1, 0.15) is 48.8 Å². The van der Waals surface area contributed by atoms with Crippen LogP contribution in [-0.2, 0) is 23.7 Å². The largest absolute Gasteiger partial charge is 0.394 e. The Morgan fingerprint density at radius 3 is 1.46 bits per heavy atom. The van der Waals surface area contributed by atoms with Gasteiger partial charge in [0.2, 0.25) is 5.91 Å². The highest BCUT2D eigenvalue weighted by Crippen LogP contribution is 2.30. The van der Waals surface area contributed by atoms with E-state index in [1.165, 1.54) is 135 Å². The van der Waals surface area contributed by atoms with Crippen LogP contribution in [0.15, 0.2) is 12.2 Å². The van der Waals surface area contributed by atoms with Crippen LogP contribution in [0, 0.1) is 0 Å². The lowest BCUT2D eigenvalue weighted by atomic mass is 9.97. The number of unbranched alkanes of at least 4 members (excludes halogenated alkanes) is 26. The number of carbonyl (C=O) groups is 1. The number of amides is 1. The number of aliphatic hydroxyl groups excluding tert-OH is 8. The molecular weight excluding hydrogens is 811 g/mol. The summed E-state index contributed by atoms with van der Waals surface area (Å²) in [7, 11) is 0. The number of ether oxygens (including phenoxy) is 4. The van der Waals surface area contributed by atoms with Gasteiger partial charge in [-0.15, -0.1) is 0 Å². The fourth-order valence-corrected chi connectivity index (χ4v) is 8.53. The van der Waals surface area contributed by atoms with E-state index >= 15 is 0 Å². The van der Waals surface area contributed by atoms with Gasteiger partial charge in [-0.25, -0.2) is 0 Å². The summed E-state index contributed by atoms with van der Waals surface area (Å²) >= 11 is 0. The molecule has 2 aliphatic heterocycles. The molecule has 2 rings (SSSR count). The second-order valence-electron chi connectivity index (χ2n) is 18.3. The average Bonchev–Trinajstić information content (AvgIpc) is 3.28. The molecule has 0 saturated carbocycles. The highest BCUT2D eigenvalue weighted by molar-refractivity contribution is 5.76. The third kappa shape index (κ3) is 24.4. The first-order valence-corrected chi connectivity index (χ1v) is 25.4. The van der Waals surface area contributed by atoms with E-state index in [-0.39, 0.29) is 18.9 Å². The predicted octanol–water partition coefficient (Wildman–Crippen LogP) is 6.38. The lowest BCUT2D eigenvalue weighted by Gasteiger charge is -2.46. The van der Waals surface area contributed by atoms with Crippen LogP contribution in [0.25, 0.3) is 0 Å².